The van der Waals surface area contributed by atoms with Crippen molar-refractivity contribution in [2.75, 3.05) is 13.2 Å². The van der Waals surface area contributed by atoms with Gasteiger partial charge < -0.3 is 9.47 Å². The SMILES string of the molecule is CCOC(=O)COc1ccc(-c2ccc(Cl)cc2)cc1Cl. The van der Waals surface area contributed by atoms with Crippen LogP contribution in [0.2, 0.25) is 10.0 Å². The normalized spacial score (nSPS) is 10.2. The summed E-state index contributed by atoms with van der Waals surface area (Å²) >= 11 is 12.0. The molecule has 0 amide bonds. The smallest absolute Gasteiger partial charge is 0.344 e. The first-order valence-corrected chi connectivity index (χ1v) is 7.19. The van der Waals surface area contributed by atoms with Crippen molar-refractivity contribution in [1.29, 1.82) is 0 Å². The number of ether oxygens (including phenoxy) is 2. The number of carbonyl (C=O) groups excluding carboxylic acids is 1. The van der Waals surface area contributed by atoms with Gasteiger partial charge in [-0.15, -0.1) is 0 Å². The van der Waals surface area contributed by atoms with E-state index in [2.05, 4.69) is 0 Å². The molecule has 0 aliphatic rings. The van der Waals surface area contributed by atoms with E-state index in [1.54, 1.807) is 19.1 Å². The second-order valence-corrected chi connectivity index (χ2v) is 5.09. The van der Waals surface area contributed by atoms with Gasteiger partial charge in [-0.05, 0) is 42.3 Å². The van der Waals surface area contributed by atoms with Crippen molar-refractivity contribution in [2.24, 2.45) is 0 Å². The highest BCUT2D eigenvalue weighted by Gasteiger charge is 2.08. The average molecular weight is 325 g/mol. The Morgan fingerprint density at radius 2 is 1.71 bits per heavy atom. The number of rotatable bonds is 5. The Bertz CT molecular complexity index is 624. The van der Waals surface area contributed by atoms with E-state index in [0.29, 0.717) is 22.4 Å². The van der Waals surface area contributed by atoms with Gasteiger partial charge in [0.25, 0.3) is 0 Å². The van der Waals surface area contributed by atoms with Crippen molar-refractivity contribution in [1.82, 2.24) is 0 Å². The van der Waals surface area contributed by atoms with Gasteiger partial charge in [-0.1, -0.05) is 41.4 Å². The summed E-state index contributed by atoms with van der Waals surface area (Å²) < 4.78 is 10.1. The van der Waals surface area contributed by atoms with Gasteiger partial charge in [0.05, 0.1) is 11.6 Å². The summed E-state index contributed by atoms with van der Waals surface area (Å²) in [6.07, 6.45) is 0. The molecule has 0 spiro atoms. The lowest BCUT2D eigenvalue weighted by Gasteiger charge is -2.09. The van der Waals surface area contributed by atoms with E-state index in [1.165, 1.54) is 0 Å². The van der Waals surface area contributed by atoms with Gasteiger partial charge in [-0.25, -0.2) is 4.79 Å². The van der Waals surface area contributed by atoms with Gasteiger partial charge in [-0.2, -0.15) is 0 Å². The second kappa shape index (κ2) is 7.34. The van der Waals surface area contributed by atoms with E-state index < -0.39 is 5.97 Å². The van der Waals surface area contributed by atoms with Gasteiger partial charge >= 0.3 is 5.97 Å². The molecule has 110 valence electrons. The topological polar surface area (TPSA) is 35.5 Å². The van der Waals surface area contributed by atoms with E-state index >= 15 is 0 Å². The Labute approximate surface area is 133 Å². The van der Waals surface area contributed by atoms with Crippen LogP contribution in [-0.4, -0.2) is 19.2 Å². The predicted octanol–water partition coefficient (Wildman–Crippen LogP) is 4.60. The van der Waals surface area contributed by atoms with Gasteiger partial charge in [0, 0.05) is 5.02 Å². The molecule has 0 saturated carbocycles. The number of halogens is 2. The maximum Gasteiger partial charge on any atom is 0.344 e. The highest BCUT2D eigenvalue weighted by atomic mass is 35.5. The molecule has 2 aromatic rings. The van der Waals surface area contributed by atoms with E-state index in [1.807, 2.05) is 30.3 Å². The minimum Gasteiger partial charge on any atom is -0.480 e. The Morgan fingerprint density at radius 1 is 1.05 bits per heavy atom. The minimum atomic E-state index is -0.421. The summed E-state index contributed by atoms with van der Waals surface area (Å²) in [7, 11) is 0. The van der Waals surface area contributed by atoms with Crippen molar-refractivity contribution in [2.45, 2.75) is 6.92 Å². The van der Waals surface area contributed by atoms with Crippen molar-refractivity contribution < 1.29 is 14.3 Å². The zero-order valence-electron chi connectivity index (χ0n) is 11.4. The van der Waals surface area contributed by atoms with Crippen LogP contribution in [-0.2, 0) is 9.53 Å². The van der Waals surface area contributed by atoms with Gasteiger partial charge in [0.15, 0.2) is 6.61 Å². The van der Waals surface area contributed by atoms with Crippen molar-refractivity contribution in [3.8, 4) is 16.9 Å². The van der Waals surface area contributed by atoms with E-state index in [4.69, 9.17) is 32.7 Å². The highest BCUT2D eigenvalue weighted by molar-refractivity contribution is 6.32. The fourth-order valence-electron chi connectivity index (χ4n) is 1.78. The molecule has 0 aromatic heterocycles. The van der Waals surface area contributed by atoms with Gasteiger partial charge in [-0.3, -0.25) is 0 Å². The van der Waals surface area contributed by atoms with Gasteiger partial charge in [0.1, 0.15) is 5.75 Å². The monoisotopic (exact) mass is 324 g/mol. The van der Waals surface area contributed by atoms with Gasteiger partial charge in [0.2, 0.25) is 0 Å². The zero-order chi connectivity index (χ0) is 15.2. The van der Waals surface area contributed by atoms with Crippen LogP contribution < -0.4 is 4.74 Å². The second-order valence-electron chi connectivity index (χ2n) is 4.25. The molecule has 0 N–H and O–H groups in total. The first-order valence-electron chi connectivity index (χ1n) is 6.44. The summed E-state index contributed by atoms with van der Waals surface area (Å²) in [4.78, 5) is 11.2. The number of carbonyl (C=O) groups is 1. The first kappa shape index (κ1) is 15.7. The fourth-order valence-corrected chi connectivity index (χ4v) is 2.14. The lowest BCUT2D eigenvalue weighted by molar-refractivity contribution is -0.145. The number of benzene rings is 2. The molecule has 0 atom stereocenters. The summed E-state index contributed by atoms with van der Waals surface area (Å²) in [5.41, 5.74) is 1.94. The van der Waals surface area contributed by atoms with E-state index in [0.717, 1.165) is 11.1 Å². The molecule has 0 saturated heterocycles. The molecule has 0 bridgehead atoms. The summed E-state index contributed by atoms with van der Waals surface area (Å²) in [5, 5.41) is 1.12. The van der Waals surface area contributed by atoms with Crippen molar-refractivity contribution >= 4 is 29.2 Å². The maximum absolute atomic E-state index is 11.2. The zero-order valence-corrected chi connectivity index (χ0v) is 12.9. The van der Waals surface area contributed by atoms with Crippen LogP contribution in [0.25, 0.3) is 11.1 Å². The molecule has 0 aliphatic carbocycles. The molecule has 2 rings (SSSR count). The van der Waals surface area contributed by atoms with Crippen molar-refractivity contribution in [3.05, 3.63) is 52.5 Å². The number of hydrogen-bond acceptors (Lipinski definition) is 3. The summed E-state index contributed by atoms with van der Waals surface area (Å²) in [5.74, 6) is 0.0257. The van der Waals surface area contributed by atoms with Crippen LogP contribution in [0.1, 0.15) is 6.92 Å². The van der Waals surface area contributed by atoms with Crippen molar-refractivity contribution in [3.63, 3.8) is 0 Å². The molecule has 2 aromatic carbocycles. The van der Waals surface area contributed by atoms with Crippen LogP contribution in [0.15, 0.2) is 42.5 Å². The first-order chi connectivity index (χ1) is 10.1. The molecule has 0 unspecified atom stereocenters. The predicted molar refractivity (Wildman–Crippen MR) is 84.0 cm³/mol. The molecule has 0 fully saturated rings. The van der Waals surface area contributed by atoms with Crippen LogP contribution in [0, 0.1) is 0 Å². The van der Waals surface area contributed by atoms with E-state index in [9.17, 15) is 4.79 Å². The lowest BCUT2D eigenvalue weighted by Crippen LogP contribution is -2.14. The standard InChI is InChI=1S/C16H14Cl2O3/c1-2-20-16(19)10-21-15-8-5-12(9-14(15)18)11-3-6-13(17)7-4-11/h3-9H,2,10H2,1H3. The third-order valence-electron chi connectivity index (χ3n) is 2.76. The molecule has 0 radical (unpaired) electrons. The molecular formula is C16H14Cl2O3. The maximum atomic E-state index is 11.2. The van der Waals surface area contributed by atoms with Crippen LogP contribution in [0.4, 0.5) is 0 Å². The lowest BCUT2D eigenvalue weighted by atomic mass is 10.1. The molecular weight excluding hydrogens is 311 g/mol. The Balaban J connectivity index is 2.10. The summed E-state index contributed by atoms with van der Waals surface area (Å²) in [6.45, 7) is 1.91. The summed E-state index contributed by atoms with van der Waals surface area (Å²) in [6, 6.07) is 12.8. The number of hydrogen-bond donors (Lipinski definition) is 0. The molecule has 3 nitrogen and oxygen atoms in total. The number of esters is 1. The third-order valence-corrected chi connectivity index (χ3v) is 3.31. The molecule has 21 heavy (non-hydrogen) atoms. The molecule has 0 heterocycles. The Hall–Kier alpha value is -1.71. The fraction of sp³-hybridized carbons (Fsp3) is 0.188. The van der Waals surface area contributed by atoms with Crippen LogP contribution in [0.3, 0.4) is 0 Å². The average Bonchev–Trinajstić information content (AvgIpc) is 2.47. The molecule has 0 aliphatic heterocycles. The third kappa shape index (κ3) is 4.38. The largest absolute Gasteiger partial charge is 0.480 e. The van der Waals surface area contributed by atoms with Crippen LogP contribution >= 0.6 is 23.2 Å². The molecule has 5 heteroatoms. The quantitative estimate of drug-likeness (QED) is 0.754. The minimum absolute atomic E-state index is 0.159. The van der Waals surface area contributed by atoms with E-state index in [-0.39, 0.29) is 6.61 Å². The van der Waals surface area contributed by atoms with Crippen LogP contribution in [0.5, 0.6) is 5.75 Å². The highest BCUT2D eigenvalue weighted by Crippen LogP contribution is 2.30. The Kier molecular flexibility index (Phi) is 5.48. The Morgan fingerprint density at radius 3 is 2.33 bits per heavy atom.